The van der Waals surface area contributed by atoms with E-state index in [1.807, 2.05) is 0 Å². The lowest BCUT2D eigenvalue weighted by Gasteiger charge is -2.45. The van der Waals surface area contributed by atoms with E-state index in [0.29, 0.717) is 4.75 Å². The van der Waals surface area contributed by atoms with E-state index in [1.54, 1.807) is 0 Å². The lowest BCUT2D eigenvalue weighted by molar-refractivity contribution is 0.0534. The highest BCUT2D eigenvalue weighted by molar-refractivity contribution is 8.02. The average molecular weight is 172 g/mol. The summed E-state index contributed by atoms with van der Waals surface area (Å²) in [5.41, 5.74) is 0. The van der Waals surface area contributed by atoms with Gasteiger partial charge in [-0.25, -0.2) is 0 Å². The molecule has 1 nitrogen and oxygen atoms in total. The monoisotopic (exact) mass is 172 g/mol. The zero-order chi connectivity index (χ0) is 7.73. The summed E-state index contributed by atoms with van der Waals surface area (Å²) in [6.45, 7) is 4.43. The maximum atomic E-state index is 5.35. The van der Waals surface area contributed by atoms with Crippen molar-refractivity contribution in [3.05, 3.63) is 0 Å². The summed E-state index contributed by atoms with van der Waals surface area (Å²) in [5, 5.41) is 0. The minimum absolute atomic E-state index is 0.629. The molecular formula is C9H16OS. The summed E-state index contributed by atoms with van der Waals surface area (Å²) in [5.74, 6) is 2.32. The van der Waals surface area contributed by atoms with Crippen molar-refractivity contribution in [3.8, 4) is 0 Å². The lowest BCUT2D eigenvalue weighted by atomic mass is 9.84. The second-order valence-electron chi connectivity index (χ2n) is 3.80. The molecule has 0 amide bonds. The van der Waals surface area contributed by atoms with Gasteiger partial charge in [0.2, 0.25) is 0 Å². The summed E-state index contributed by atoms with van der Waals surface area (Å²) >= 11 is 2.16. The van der Waals surface area contributed by atoms with Crippen LogP contribution in [0, 0.1) is 5.92 Å². The van der Waals surface area contributed by atoms with Crippen molar-refractivity contribution in [1.29, 1.82) is 0 Å². The Hall–Kier alpha value is 0.310. The normalized spacial score (nSPS) is 40.1. The molecule has 2 aliphatic rings. The molecule has 0 aliphatic carbocycles. The van der Waals surface area contributed by atoms with E-state index in [2.05, 4.69) is 18.7 Å². The number of thioether (sulfide) groups is 1. The molecule has 0 N–H and O–H groups in total. The van der Waals surface area contributed by atoms with Crippen LogP contribution in [0.3, 0.4) is 0 Å². The van der Waals surface area contributed by atoms with Gasteiger partial charge in [-0.1, -0.05) is 6.92 Å². The fourth-order valence-corrected chi connectivity index (χ4v) is 3.37. The molecule has 2 heterocycles. The summed E-state index contributed by atoms with van der Waals surface area (Å²) in [4.78, 5) is 0. The number of hydrogen-bond donors (Lipinski definition) is 0. The largest absolute Gasteiger partial charge is 0.381 e. The van der Waals surface area contributed by atoms with Crippen LogP contribution in [-0.2, 0) is 4.74 Å². The molecule has 2 rings (SSSR count). The Morgan fingerprint density at radius 1 is 1.36 bits per heavy atom. The summed E-state index contributed by atoms with van der Waals surface area (Å²) in [6, 6.07) is 0. The molecule has 2 aliphatic heterocycles. The Morgan fingerprint density at radius 3 is 2.45 bits per heavy atom. The molecule has 0 aromatic rings. The van der Waals surface area contributed by atoms with Crippen LogP contribution in [0.2, 0.25) is 0 Å². The number of ether oxygens (including phenoxy) is 1. The topological polar surface area (TPSA) is 9.23 Å². The molecule has 11 heavy (non-hydrogen) atoms. The van der Waals surface area contributed by atoms with Crippen LogP contribution in [-0.4, -0.2) is 23.7 Å². The second kappa shape index (κ2) is 2.98. The van der Waals surface area contributed by atoms with Crippen LogP contribution in [0.4, 0.5) is 0 Å². The predicted molar refractivity (Wildman–Crippen MR) is 49.0 cm³/mol. The zero-order valence-electron chi connectivity index (χ0n) is 7.14. The third-order valence-corrected chi connectivity index (χ3v) is 4.72. The van der Waals surface area contributed by atoms with Gasteiger partial charge in [-0.15, -0.1) is 0 Å². The van der Waals surface area contributed by atoms with Gasteiger partial charge in [0.05, 0.1) is 0 Å². The molecular weight excluding hydrogens is 156 g/mol. The van der Waals surface area contributed by atoms with Crippen molar-refractivity contribution in [2.45, 2.75) is 30.9 Å². The van der Waals surface area contributed by atoms with E-state index in [0.717, 1.165) is 19.1 Å². The molecule has 1 unspecified atom stereocenters. The van der Waals surface area contributed by atoms with Crippen LogP contribution in [0.5, 0.6) is 0 Å². The highest BCUT2D eigenvalue weighted by Crippen LogP contribution is 2.49. The summed E-state index contributed by atoms with van der Waals surface area (Å²) in [6.07, 6.45) is 4.02. The first-order valence-corrected chi connectivity index (χ1v) is 5.51. The Morgan fingerprint density at radius 2 is 2.00 bits per heavy atom. The van der Waals surface area contributed by atoms with E-state index in [9.17, 15) is 0 Å². The third kappa shape index (κ3) is 1.43. The van der Waals surface area contributed by atoms with Gasteiger partial charge < -0.3 is 4.74 Å². The molecule has 0 radical (unpaired) electrons. The van der Waals surface area contributed by atoms with Gasteiger partial charge in [-0.3, -0.25) is 0 Å². The number of rotatable bonds is 1. The average Bonchev–Trinajstić information content (AvgIpc) is 2.02. The van der Waals surface area contributed by atoms with E-state index in [4.69, 9.17) is 4.74 Å². The fourth-order valence-electron chi connectivity index (χ4n) is 2.05. The summed E-state index contributed by atoms with van der Waals surface area (Å²) < 4.78 is 5.98. The van der Waals surface area contributed by atoms with Crippen LogP contribution in [0.15, 0.2) is 0 Å². The van der Waals surface area contributed by atoms with Gasteiger partial charge in [-0.05, 0) is 30.9 Å². The van der Waals surface area contributed by atoms with Crippen molar-refractivity contribution in [3.63, 3.8) is 0 Å². The molecule has 0 bridgehead atoms. The quantitative estimate of drug-likeness (QED) is 0.600. The van der Waals surface area contributed by atoms with Gasteiger partial charge in [0.25, 0.3) is 0 Å². The first kappa shape index (κ1) is 7.93. The summed E-state index contributed by atoms with van der Waals surface area (Å²) in [7, 11) is 0. The highest BCUT2D eigenvalue weighted by Gasteiger charge is 2.40. The number of hydrogen-bond acceptors (Lipinski definition) is 2. The SMILES string of the molecule is CC1(C2CCOCC2)CCS1. The predicted octanol–water partition coefficient (Wildman–Crippen LogP) is 2.31. The van der Waals surface area contributed by atoms with Crippen LogP contribution < -0.4 is 0 Å². The van der Waals surface area contributed by atoms with Crippen LogP contribution in [0.1, 0.15) is 26.2 Å². The van der Waals surface area contributed by atoms with E-state index in [1.165, 1.54) is 25.0 Å². The molecule has 2 fully saturated rings. The Bertz CT molecular complexity index is 136. The lowest BCUT2D eigenvalue weighted by Crippen LogP contribution is -2.41. The van der Waals surface area contributed by atoms with E-state index < -0.39 is 0 Å². The van der Waals surface area contributed by atoms with Crippen molar-refractivity contribution in [2.24, 2.45) is 5.92 Å². The molecule has 0 saturated carbocycles. The first-order chi connectivity index (χ1) is 5.31. The molecule has 0 aromatic carbocycles. The van der Waals surface area contributed by atoms with Crippen LogP contribution >= 0.6 is 11.8 Å². The minimum Gasteiger partial charge on any atom is -0.381 e. The van der Waals surface area contributed by atoms with Gasteiger partial charge >= 0.3 is 0 Å². The molecule has 64 valence electrons. The van der Waals surface area contributed by atoms with Gasteiger partial charge in [0.1, 0.15) is 0 Å². The first-order valence-electron chi connectivity index (χ1n) is 4.53. The molecule has 0 spiro atoms. The van der Waals surface area contributed by atoms with Gasteiger partial charge in [0, 0.05) is 18.0 Å². The minimum atomic E-state index is 0.629. The van der Waals surface area contributed by atoms with Gasteiger partial charge in [-0.2, -0.15) is 11.8 Å². The van der Waals surface area contributed by atoms with E-state index in [-0.39, 0.29) is 0 Å². The third-order valence-electron chi connectivity index (χ3n) is 3.12. The fraction of sp³-hybridized carbons (Fsp3) is 1.00. The standard InChI is InChI=1S/C9H16OS/c1-9(4-7-11-9)8-2-5-10-6-3-8/h8H,2-7H2,1H3. The maximum absolute atomic E-state index is 5.35. The Labute approximate surface area is 72.9 Å². The molecule has 0 aromatic heterocycles. The zero-order valence-corrected chi connectivity index (χ0v) is 7.95. The van der Waals surface area contributed by atoms with Gasteiger partial charge in [0.15, 0.2) is 0 Å². The van der Waals surface area contributed by atoms with Crippen molar-refractivity contribution >= 4 is 11.8 Å². The maximum Gasteiger partial charge on any atom is 0.0469 e. The smallest absolute Gasteiger partial charge is 0.0469 e. The van der Waals surface area contributed by atoms with E-state index >= 15 is 0 Å². The highest BCUT2D eigenvalue weighted by atomic mass is 32.2. The second-order valence-corrected chi connectivity index (χ2v) is 5.43. The molecule has 2 heteroatoms. The Balaban J connectivity index is 1.91. The van der Waals surface area contributed by atoms with Crippen molar-refractivity contribution in [1.82, 2.24) is 0 Å². The van der Waals surface area contributed by atoms with Crippen LogP contribution in [0.25, 0.3) is 0 Å². The Kier molecular flexibility index (Phi) is 2.15. The van der Waals surface area contributed by atoms with Crippen molar-refractivity contribution < 1.29 is 4.74 Å². The molecule has 1 atom stereocenters. The van der Waals surface area contributed by atoms with Crippen molar-refractivity contribution in [2.75, 3.05) is 19.0 Å². The molecule has 2 saturated heterocycles.